The van der Waals surface area contributed by atoms with Gasteiger partial charge in [-0.1, -0.05) is 36.4 Å². The maximum absolute atomic E-state index is 10.6. The summed E-state index contributed by atoms with van der Waals surface area (Å²) in [4.78, 5) is 0. The van der Waals surface area contributed by atoms with E-state index in [9.17, 15) is 5.11 Å². The first-order chi connectivity index (χ1) is 11.7. The first-order valence-electron chi connectivity index (χ1n) is 8.01. The molecule has 0 saturated heterocycles. The number of ether oxygens (including phenoxy) is 1. The van der Waals surface area contributed by atoms with Crippen molar-refractivity contribution in [2.24, 2.45) is 0 Å². The van der Waals surface area contributed by atoms with Gasteiger partial charge in [-0.15, -0.1) is 0 Å². The highest BCUT2D eigenvalue weighted by Crippen LogP contribution is 2.37. The number of phenolic OH excluding ortho intramolecular Hbond substituents is 1. The van der Waals surface area contributed by atoms with Gasteiger partial charge in [-0.25, -0.2) is 0 Å². The SMILES string of the molecule is COc1ccc(Cn2c3ccccc3c3c(O)c(C)ccc32)cc1. The number of hydrogen-bond donors (Lipinski definition) is 1. The molecule has 0 fully saturated rings. The van der Waals surface area contributed by atoms with Gasteiger partial charge in [0.05, 0.1) is 12.6 Å². The van der Waals surface area contributed by atoms with Crippen molar-refractivity contribution in [2.45, 2.75) is 13.5 Å². The first-order valence-corrected chi connectivity index (χ1v) is 8.01. The van der Waals surface area contributed by atoms with E-state index >= 15 is 0 Å². The smallest absolute Gasteiger partial charge is 0.128 e. The Labute approximate surface area is 140 Å². The zero-order valence-electron chi connectivity index (χ0n) is 13.8. The minimum absolute atomic E-state index is 0.372. The molecule has 1 aromatic heterocycles. The van der Waals surface area contributed by atoms with Crippen LogP contribution in [-0.4, -0.2) is 16.8 Å². The highest BCUT2D eigenvalue weighted by Gasteiger charge is 2.15. The van der Waals surface area contributed by atoms with Crippen molar-refractivity contribution in [2.75, 3.05) is 7.11 Å². The summed E-state index contributed by atoms with van der Waals surface area (Å²) in [6, 6.07) is 20.4. The predicted octanol–water partition coefficient (Wildman–Crippen LogP) is 4.87. The number of hydrogen-bond acceptors (Lipinski definition) is 2. The summed E-state index contributed by atoms with van der Waals surface area (Å²) >= 11 is 0. The number of aromatic nitrogens is 1. The molecule has 3 nitrogen and oxygen atoms in total. The Kier molecular flexibility index (Phi) is 3.42. The van der Waals surface area contributed by atoms with Crippen molar-refractivity contribution in [1.82, 2.24) is 4.57 Å². The summed E-state index contributed by atoms with van der Waals surface area (Å²) in [5.74, 6) is 1.23. The Morgan fingerprint density at radius 3 is 2.42 bits per heavy atom. The third-order valence-corrected chi connectivity index (χ3v) is 4.61. The summed E-state index contributed by atoms with van der Waals surface area (Å²) in [6.07, 6.45) is 0. The molecule has 0 saturated carbocycles. The van der Waals surface area contributed by atoms with Crippen molar-refractivity contribution in [3.63, 3.8) is 0 Å². The van der Waals surface area contributed by atoms with E-state index in [1.54, 1.807) is 7.11 Å². The lowest BCUT2D eigenvalue weighted by Crippen LogP contribution is -1.99. The Bertz CT molecular complexity index is 1030. The number of nitrogens with zero attached hydrogens (tertiary/aromatic N) is 1. The molecule has 3 aromatic carbocycles. The van der Waals surface area contributed by atoms with Crippen LogP contribution in [0, 0.1) is 6.92 Å². The van der Waals surface area contributed by atoms with Crippen LogP contribution in [0.1, 0.15) is 11.1 Å². The maximum Gasteiger partial charge on any atom is 0.128 e. The summed E-state index contributed by atoms with van der Waals surface area (Å²) in [5.41, 5.74) is 4.27. The van der Waals surface area contributed by atoms with Gasteiger partial charge >= 0.3 is 0 Å². The van der Waals surface area contributed by atoms with Crippen LogP contribution in [0.2, 0.25) is 0 Å². The lowest BCUT2D eigenvalue weighted by atomic mass is 10.1. The number of aromatic hydroxyl groups is 1. The van der Waals surface area contributed by atoms with Crippen molar-refractivity contribution >= 4 is 21.8 Å². The van der Waals surface area contributed by atoms with E-state index in [2.05, 4.69) is 34.9 Å². The van der Waals surface area contributed by atoms with E-state index in [0.717, 1.165) is 39.7 Å². The maximum atomic E-state index is 10.6. The highest BCUT2D eigenvalue weighted by molar-refractivity contribution is 6.11. The highest BCUT2D eigenvalue weighted by atomic mass is 16.5. The van der Waals surface area contributed by atoms with Crippen LogP contribution in [0.25, 0.3) is 21.8 Å². The largest absolute Gasteiger partial charge is 0.507 e. The van der Waals surface area contributed by atoms with E-state index < -0.39 is 0 Å². The predicted molar refractivity (Wildman–Crippen MR) is 97.9 cm³/mol. The van der Waals surface area contributed by atoms with E-state index in [-0.39, 0.29) is 0 Å². The lowest BCUT2D eigenvalue weighted by Gasteiger charge is -2.09. The Morgan fingerprint density at radius 2 is 1.67 bits per heavy atom. The molecular weight excluding hydrogens is 298 g/mol. The molecule has 1 heterocycles. The lowest BCUT2D eigenvalue weighted by molar-refractivity contribution is 0.414. The molecule has 24 heavy (non-hydrogen) atoms. The first kappa shape index (κ1) is 14.6. The van der Waals surface area contributed by atoms with Gasteiger partial charge in [0, 0.05) is 22.8 Å². The fourth-order valence-electron chi connectivity index (χ4n) is 3.31. The summed E-state index contributed by atoms with van der Waals surface area (Å²) < 4.78 is 7.49. The number of methoxy groups -OCH3 is 1. The van der Waals surface area contributed by atoms with Crippen molar-refractivity contribution in [3.05, 3.63) is 71.8 Å². The van der Waals surface area contributed by atoms with E-state index in [1.807, 2.05) is 37.3 Å². The van der Waals surface area contributed by atoms with E-state index in [1.165, 1.54) is 5.56 Å². The van der Waals surface area contributed by atoms with Gasteiger partial charge in [0.2, 0.25) is 0 Å². The molecule has 0 atom stereocenters. The Hall–Kier alpha value is -2.94. The average molecular weight is 317 g/mol. The van der Waals surface area contributed by atoms with Crippen LogP contribution in [-0.2, 0) is 6.54 Å². The van der Waals surface area contributed by atoms with Crippen LogP contribution in [0.15, 0.2) is 60.7 Å². The van der Waals surface area contributed by atoms with Crippen molar-refractivity contribution < 1.29 is 9.84 Å². The normalized spacial score (nSPS) is 11.2. The van der Waals surface area contributed by atoms with Crippen LogP contribution in [0.5, 0.6) is 11.5 Å². The van der Waals surface area contributed by atoms with Crippen LogP contribution in [0.3, 0.4) is 0 Å². The molecule has 0 amide bonds. The number of fused-ring (bicyclic) bond motifs is 3. The topological polar surface area (TPSA) is 34.4 Å². The van der Waals surface area contributed by atoms with E-state index in [4.69, 9.17) is 4.74 Å². The fourth-order valence-corrected chi connectivity index (χ4v) is 3.31. The second-order valence-corrected chi connectivity index (χ2v) is 6.08. The molecule has 0 aliphatic rings. The molecule has 0 radical (unpaired) electrons. The zero-order valence-corrected chi connectivity index (χ0v) is 13.8. The zero-order chi connectivity index (χ0) is 16.7. The van der Waals surface area contributed by atoms with Crippen molar-refractivity contribution in [1.29, 1.82) is 0 Å². The van der Waals surface area contributed by atoms with Gasteiger partial charge in [0.25, 0.3) is 0 Å². The standard InChI is InChI=1S/C21H19NO2/c1-14-7-12-19-20(21(14)23)17-5-3-4-6-18(17)22(19)13-15-8-10-16(24-2)11-9-15/h3-12,23H,13H2,1-2H3. The molecule has 0 spiro atoms. The van der Waals surface area contributed by atoms with Gasteiger partial charge < -0.3 is 14.4 Å². The molecule has 0 bridgehead atoms. The van der Waals surface area contributed by atoms with E-state index in [0.29, 0.717) is 5.75 Å². The van der Waals surface area contributed by atoms with Gasteiger partial charge in [-0.05, 0) is 42.3 Å². The number of phenols is 1. The molecular formula is C21H19NO2. The van der Waals surface area contributed by atoms with Crippen LogP contribution >= 0.6 is 0 Å². The van der Waals surface area contributed by atoms with Crippen LogP contribution < -0.4 is 4.74 Å². The number of para-hydroxylation sites is 1. The molecule has 4 rings (SSSR count). The second-order valence-electron chi connectivity index (χ2n) is 6.08. The molecule has 0 aliphatic carbocycles. The quantitative estimate of drug-likeness (QED) is 0.585. The number of benzene rings is 3. The molecule has 0 unspecified atom stereocenters. The monoisotopic (exact) mass is 317 g/mol. The van der Waals surface area contributed by atoms with Crippen LogP contribution in [0.4, 0.5) is 0 Å². The third-order valence-electron chi connectivity index (χ3n) is 4.61. The molecule has 0 aliphatic heterocycles. The van der Waals surface area contributed by atoms with Gasteiger partial charge in [-0.3, -0.25) is 0 Å². The molecule has 1 N–H and O–H groups in total. The number of aryl methyl sites for hydroxylation is 1. The van der Waals surface area contributed by atoms with Crippen molar-refractivity contribution in [3.8, 4) is 11.5 Å². The molecule has 3 heteroatoms. The average Bonchev–Trinajstić information content (AvgIpc) is 2.93. The van der Waals surface area contributed by atoms with Gasteiger partial charge in [0.15, 0.2) is 0 Å². The summed E-state index contributed by atoms with van der Waals surface area (Å²) in [7, 11) is 1.67. The number of rotatable bonds is 3. The Morgan fingerprint density at radius 1 is 0.917 bits per heavy atom. The fraction of sp³-hybridized carbons (Fsp3) is 0.143. The molecule has 4 aromatic rings. The van der Waals surface area contributed by atoms with Gasteiger partial charge in [0.1, 0.15) is 11.5 Å². The second kappa shape index (κ2) is 5.60. The third kappa shape index (κ3) is 2.21. The minimum atomic E-state index is 0.372. The summed E-state index contributed by atoms with van der Waals surface area (Å²) in [6.45, 7) is 2.68. The molecule has 120 valence electrons. The summed E-state index contributed by atoms with van der Waals surface area (Å²) in [5, 5.41) is 12.6. The minimum Gasteiger partial charge on any atom is -0.507 e. The Balaban J connectivity index is 1.94. The van der Waals surface area contributed by atoms with Gasteiger partial charge in [-0.2, -0.15) is 0 Å².